The van der Waals surface area contributed by atoms with Gasteiger partial charge in [0.25, 0.3) is 0 Å². The molecule has 3 rings (SSSR count). The number of hydrogen-bond donors (Lipinski definition) is 0. The second-order valence-corrected chi connectivity index (χ2v) is 5.38. The zero-order chi connectivity index (χ0) is 14.6. The maximum atomic E-state index is 13.8. The molecule has 0 fully saturated rings. The third kappa shape index (κ3) is 2.42. The van der Waals surface area contributed by atoms with E-state index in [1.165, 1.54) is 6.20 Å². The predicted octanol–water partition coefficient (Wildman–Crippen LogP) is -1.33. The Morgan fingerprint density at radius 2 is 2.19 bits per heavy atom. The van der Waals surface area contributed by atoms with Crippen LogP contribution in [0.25, 0.3) is 10.9 Å². The van der Waals surface area contributed by atoms with E-state index in [0.29, 0.717) is 23.9 Å². The van der Waals surface area contributed by atoms with Crippen LogP contribution in [0.2, 0.25) is 5.02 Å². The van der Waals surface area contributed by atoms with Crippen LogP contribution < -0.4 is 40.1 Å². The van der Waals surface area contributed by atoms with E-state index in [2.05, 4.69) is 0 Å². The summed E-state index contributed by atoms with van der Waals surface area (Å²) in [6.45, 7) is 1.91. The normalized spacial score (nSPS) is 16.6. The van der Waals surface area contributed by atoms with Gasteiger partial charge in [-0.3, -0.25) is 4.79 Å². The summed E-state index contributed by atoms with van der Waals surface area (Å²) in [5.74, 6) is -2.27. The number of hydrogen-bond acceptors (Lipinski definition) is 3. The first-order chi connectivity index (χ1) is 9.41. The van der Waals surface area contributed by atoms with Gasteiger partial charge in [0, 0.05) is 17.6 Å². The van der Waals surface area contributed by atoms with E-state index in [4.69, 9.17) is 11.6 Å². The number of nitrogens with zero attached hydrogens (tertiary/aromatic N) is 1. The minimum absolute atomic E-state index is 0. The molecule has 104 valence electrons. The predicted molar refractivity (Wildman–Crippen MR) is 70.5 cm³/mol. The van der Waals surface area contributed by atoms with Crippen LogP contribution in [0.4, 0.5) is 4.39 Å². The van der Waals surface area contributed by atoms with Gasteiger partial charge in [0.05, 0.1) is 22.1 Å². The molecule has 1 aliphatic rings. The van der Waals surface area contributed by atoms with Gasteiger partial charge < -0.3 is 14.5 Å². The molecule has 0 saturated carbocycles. The molecule has 1 aliphatic heterocycles. The number of rotatable bonds is 1. The Kier molecular flexibility index (Phi) is 4.49. The molecule has 1 aromatic heterocycles. The number of carbonyl (C=O) groups is 1. The Bertz CT molecular complexity index is 818. The van der Waals surface area contributed by atoms with Crippen LogP contribution in [0.1, 0.15) is 35.3 Å². The fraction of sp³-hybridized carbons (Fsp3) is 0.286. The van der Waals surface area contributed by atoms with Crippen molar-refractivity contribution in [1.29, 1.82) is 0 Å². The first kappa shape index (κ1) is 16.5. The second kappa shape index (κ2) is 5.72. The van der Waals surface area contributed by atoms with E-state index in [-0.39, 0.29) is 46.0 Å². The van der Waals surface area contributed by atoms with Gasteiger partial charge in [0.1, 0.15) is 5.82 Å². The van der Waals surface area contributed by atoms with Crippen LogP contribution in [0.15, 0.2) is 17.1 Å². The summed E-state index contributed by atoms with van der Waals surface area (Å²) in [4.78, 5) is 23.2. The van der Waals surface area contributed by atoms with Gasteiger partial charge >= 0.3 is 29.6 Å². The van der Waals surface area contributed by atoms with E-state index >= 15 is 0 Å². The summed E-state index contributed by atoms with van der Waals surface area (Å²) in [6.07, 6.45) is 2.51. The quantitative estimate of drug-likeness (QED) is 0.612. The molecule has 21 heavy (non-hydrogen) atoms. The number of carboxylic acid groups (broad SMARTS) is 1. The second-order valence-electron chi connectivity index (χ2n) is 5.00. The van der Waals surface area contributed by atoms with Crippen LogP contribution >= 0.6 is 11.6 Å². The molecule has 0 bridgehead atoms. The van der Waals surface area contributed by atoms with E-state index in [0.717, 1.165) is 6.07 Å². The van der Waals surface area contributed by atoms with Crippen molar-refractivity contribution >= 4 is 28.5 Å². The average molecular weight is 318 g/mol. The third-order valence-electron chi connectivity index (χ3n) is 3.81. The fourth-order valence-corrected chi connectivity index (χ4v) is 3.00. The number of aryl methyl sites for hydroxylation is 1. The van der Waals surface area contributed by atoms with Gasteiger partial charge in [-0.1, -0.05) is 11.6 Å². The minimum Gasteiger partial charge on any atom is -0.545 e. The minimum atomic E-state index is -1.56. The summed E-state index contributed by atoms with van der Waals surface area (Å²) < 4.78 is 15.5. The first-order valence-corrected chi connectivity index (χ1v) is 6.56. The third-order valence-corrected chi connectivity index (χ3v) is 4.22. The van der Waals surface area contributed by atoms with Gasteiger partial charge in [-0.15, -0.1) is 0 Å². The molecule has 0 amide bonds. The number of benzene rings is 1. The van der Waals surface area contributed by atoms with Crippen LogP contribution in [0.3, 0.4) is 0 Å². The Labute approximate surface area is 146 Å². The Balaban J connectivity index is 0.00000161. The van der Waals surface area contributed by atoms with Gasteiger partial charge in [-0.2, -0.15) is 0 Å². The fourth-order valence-electron chi connectivity index (χ4n) is 2.76. The molecular weight excluding hydrogens is 308 g/mol. The maximum Gasteiger partial charge on any atom is 1.00 e. The smallest absolute Gasteiger partial charge is 0.545 e. The van der Waals surface area contributed by atoms with Crippen LogP contribution in [0, 0.1) is 5.82 Å². The molecule has 7 heteroatoms. The van der Waals surface area contributed by atoms with Crippen molar-refractivity contribution in [1.82, 2.24) is 4.57 Å². The Morgan fingerprint density at radius 3 is 2.81 bits per heavy atom. The molecule has 0 radical (unpaired) electrons. The summed E-state index contributed by atoms with van der Waals surface area (Å²) >= 11 is 5.96. The standard InChI is InChI=1S/C14H11ClFNO3.Na/c1-6-2-3-7-11(15)10(16)4-8-12(7)17(6)5-9(13(8)18)14(19)20;/h4-6H,2-3H2,1H3,(H,19,20);/q;+1/p-1. The molecule has 2 aromatic rings. The van der Waals surface area contributed by atoms with Crippen molar-refractivity contribution < 1.29 is 43.8 Å². The SMILES string of the molecule is CC1CCc2c(Cl)c(F)cc3c(=O)c(C(=O)[O-])cn1c23.[Na+]. The van der Waals surface area contributed by atoms with Crippen molar-refractivity contribution in [2.24, 2.45) is 0 Å². The number of aromatic nitrogens is 1. The summed E-state index contributed by atoms with van der Waals surface area (Å²) in [5, 5.41) is 11.1. The van der Waals surface area contributed by atoms with Crippen molar-refractivity contribution in [3.8, 4) is 0 Å². The number of pyridine rings is 1. The summed E-state index contributed by atoms with van der Waals surface area (Å²) in [6, 6.07) is 1.01. The topological polar surface area (TPSA) is 62.1 Å². The molecule has 2 heterocycles. The Morgan fingerprint density at radius 1 is 1.52 bits per heavy atom. The molecule has 1 aromatic carbocycles. The van der Waals surface area contributed by atoms with Gasteiger partial charge in [-0.25, -0.2) is 4.39 Å². The van der Waals surface area contributed by atoms with Gasteiger partial charge in [0.15, 0.2) is 5.43 Å². The van der Waals surface area contributed by atoms with Crippen molar-refractivity contribution in [3.05, 3.63) is 44.5 Å². The molecule has 0 aliphatic carbocycles. The monoisotopic (exact) mass is 317 g/mol. The molecular formula is C14H10ClFNNaO3. The van der Waals surface area contributed by atoms with Crippen LogP contribution in [-0.2, 0) is 6.42 Å². The number of aromatic carboxylic acids is 1. The summed E-state index contributed by atoms with van der Waals surface area (Å²) in [7, 11) is 0. The van der Waals surface area contributed by atoms with E-state index in [1.807, 2.05) is 6.92 Å². The average Bonchev–Trinajstić information content (AvgIpc) is 2.39. The molecule has 0 saturated heterocycles. The van der Waals surface area contributed by atoms with E-state index in [9.17, 15) is 19.1 Å². The first-order valence-electron chi connectivity index (χ1n) is 6.19. The Hall–Kier alpha value is -0.880. The molecule has 4 nitrogen and oxygen atoms in total. The molecule has 1 unspecified atom stereocenters. The van der Waals surface area contributed by atoms with Crippen LogP contribution in [0.5, 0.6) is 0 Å². The molecule has 0 N–H and O–H groups in total. The number of halogens is 2. The largest absolute Gasteiger partial charge is 1.00 e. The van der Waals surface area contributed by atoms with E-state index < -0.39 is 22.8 Å². The number of carbonyl (C=O) groups excluding carboxylic acids is 1. The zero-order valence-electron chi connectivity index (χ0n) is 11.6. The molecule has 1 atom stereocenters. The summed E-state index contributed by atoms with van der Waals surface area (Å²) in [5.41, 5.74) is -0.118. The van der Waals surface area contributed by atoms with E-state index in [1.54, 1.807) is 4.57 Å². The maximum absolute atomic E-state index is 13.8. The van der Waals surface area contributed by atoms with Crippen molar-refractivity contribution in [3.63, 3.8) is 0 Å². The molecule has 0 spiro atoms. The number of carboxylic acids is 1. The van der Waals surface area contributed by atoms with Crippen LogP contribution in [-0.4, -0.2) is 10.5 Å². The van der Waals surface area contributed by atoms with Crippen molar-refractivity contribution in [2.75, 3.05) is 0 Å². The van der Waals surface area contributed by atoms with Gasteiger partial charge in [-0.05, 0) is 31.4 Å². The van der Waals surface area contributed by atoms with Gasteiger partial charge in [0.2, 0.25) is 0 Å². The van der Waals surface area contributed by atoms with Crippen molar-refractivity contribution in [2.45, 2.75) is 25.8 Å². The zero-order valence-corrected chi connectivity index (χ0v) is 14.3.